The van der Waals surface area contributed by atoms with Gasteiger partial charge in [-0.3, -0.25) is 4.99 Å². The molecule has 0 unspecified atom stereocenters. The van der Waals surface area contributed by atoms with Crippen LogP contribution in [0.1, 0.15) is 11.1 Å². The van der Waals surface area contributed by atoms with Crippen LogP contribution in [-0.4, -0.2) is 5.84 Å². The number of nitrogens with two attached hydrogens (primary N) is 1. The van der Waals surface area contributed by atoms with Crippen molar-refractivity contribution in [3.8, 4) is 11.1 Å². The zero-order chi connectivity index (χ0) is 16.4. The van der Waals surface area contributed by atoms with Crippen molar-refractivity contribution in [2.75, 3.05) is 11.1 Å². The van der Waals surface area contributed by atoms with Crippen LogP contribution in [0.5, 0.6) is 0 Å². The van der Waals surface area contributed by atoms with Crippen molar-refractivity contribution in [3.63, 3.8) is 0 Å². The lowest BCUT2D eigenvalue weighted by Crippen LogP contribution is -2.06. The number of rotatable bonds is 3. The van der Waals surface area contributed by atoms with Crippen LogP contribution < -0.4 is 11.1 Å². The number of amidine groups is 1. The van der Waals surface area contributed by atoms with E-state index in [2.05, 4.69) is 59.9 Å². The lowest BCUT2D eigenvalue weighted by atomic mass is 10.0. The van der Waals surface area contributed by atoms with Gasteiger partial charge in [-0.1, -0.05) is 60.7 Å². The Morgan fingerprint density at radius 2 is 1.62 bits per heavy atom. The molecule has 0 spiro atoms. The molecular formula is C21H19N3. The fraction of sp³-hybridized carbons (Fsp3) is 0.0952. The molecule has 0 aliphatic carbocycles. The van der Waals surface area contributed by atoms with Crippen LogP contribution in [-0.2, 0) is 13.0 Å². The Kier molecular flexibility index (Phi) is 3.75. The summed E-state index contributed by atoms with van der Waals surface area (Å²) in [6.45, 7) is 0.681. The highest BCUT2D eigenvalue weighted by atomic mass is 15.0. The van der Waals surface area contributed by atoms with E-state index in [1.807, 2.05) is 18.2 Å². The van der Waals surface area contributed by atoms with Crippen molar-refractivity contribution in [2.45, 2.75) is 13.0 Å². The molecule has 3 aromatic rings. The second kappa shape index (κ2) is 6.20. The molecular weight excluding hydrogens is 294 g/mol. The van der Waals surface area contributed by atoms with Gasteiger partial charge in [0, 0.05) is 17.8 Å². The molecule has 1 aliphatic rings. The van der Waals surface area contributed by atoms with Crippen LogP contribution in [0.2, 0.25) is 0 Å². The minimum atomic E-state index is 0.681. The maximum Gasteiger partial charge on any atom is 0.106 e. The van der Waals surface area contributed by atoms with Gasteiger partial charge in [-0.15, -0.1) is 0 Å². The molecule has 4 rings (SSSR count). The molecule has 0 fully saturated rings. The molecule has 1 heterocycles. The Bertz CT molecular complexity index is 881. The van der Waals surface area contributed by atoms with Crippen molar-refractivity contribution in [3.05, 3.63) is 83.9 Å². The van der Waals surface area contributed by atoms with E-state index < -0.39 is 0 Å². The first-order valence-corrected chi connectivity index (χ1v) is 8.11. The molecule has 0 saturated heterocycles. The SMILES string of the molecule is Nc1ccc2c(c1)NC(=NCc1ccc(-c3ccccc3)cc1)C2. The number of hydrogen-bond donors (Lipinski definition) is 2. The maximum atomic E-state index is 5.82. The summed E-state index contributed by atoms with van der Waals surface area (Å²) in [6, 6.07) is 25.0. The summed E-state index contributed by atoms with van der Waals surface area (Å²) in [5.74, 6) is 1.00. The molecule has 24 heavy (non-hydrogen) atoms. The van der Waals surface area contributed by atoms with Crippen LogP contribution in [0.25, 0.3) is 11.1 Å². The molecule has 0 atom stereocenters. The highest BCUT2D eigenvalue weighted by Crippen LogP contribution is 2.26. The fourth-order valence-corrected chi connectivity index (χ4v) is 2.96. The average molecular weight is 313 g/mol. The third kappa shape index (κ3) is 3.01. The molecule has 0 amide bonds. The molecule has 1 aliphatic heterocycles. The monoisotopic (exact) mass is 313 g/mol. The van der Waals surface area contributed by atoms with Crippen LogP contribution in [0.3, 0.4) is 0 Å². The number of benzene rings is 3. The Hall–Kier alpha value is -3.07. The first kappa shape index (κ1) is 14.5. The first-order chi connectivity index (χ1) is 11.8. The quantitative estimate of drug-likeness (QED) is 0.699. The van der Waals surface area contributed by atoms with Crippen molar-refractivity contribution < 1.29 is 0 Å². The van der Waals surface area contributed by atoms with Crippen molar-refractivity contribution in [2.24, 2.45) is 4.99 Å². The third-order valence-electron chi connectivity index (χ3n) is 4.28. The van der Waals surface area contributed by atoms with E-state index in [9.17, 15) is 0 Å². The topological polar surface area (TPSA) is 50.4 Å². The Labute approximate surface area is 141 Å². The zero-order valence-electron chi connectivity index (χ0n) is 13.4. The summed E-state index contributed by atoms with van der Waals surface area (Å²) in [4.78, 5) is 4.70. The fourth-order valence-electron chi connectivity index (χ4n) is 2.96. The van der Waals surface area contributed by atoms with Crippen LogP contribution in [0.4, 0.5) is 11.4 Å². The summed E-state index contributed by atoms with van der Waals surface area (Å²) in [7, 11) is 0. The van der Waals surface area contributed by atoms with Crippen molar-refractivity contribution in [1.29, 1.82) is 0 Å². The molecule has 0 aromatic heterocycles. The number of anilines is 2. The minimum Gasteiger partial charge on any atom is -0.399 e. The van der Waals surface area contributed by atoms with Crippen molar-refractivity contribution >= 4 is 17.2 Å². The molecule has 3 N–H and O–H groups in total. The number of nitrogens with one attached hydrogen (secondary N) is 1. The van der Waals surface area contributed by atoms with Crippen LogP contribution in [0.15, 0.2) is 77.8 Å². The lowest BCUT2D eigenvalue weighted by Gasteiger charge is -2.04. The predicted octanol–water partition coefficient (Wildman–Crippen LogP) is 4.50. The summed E-state index contributed by atoms with van der Waals surface area (Å²) in [5.41, 5.74) is 12.6. The van der Waals surface area contributed by atoms with Crippen molar-refractivity contribution in [1.82, 2.24) is 0 Å². The Balaban J connectivity index is 1.45. The van der Waals surface area contributed by atoms with Crippen LogP contribution in [0, 0.1) is 0 Å². The van der Waals surface area contributed by atoms with E-state index in [0.717, 1.165) is 23.6 Å². The summed E-state index contributed by atoms with van der Waals surface area (Å²) >= 11 is 0. The number of fused-ring (bicyclic) bond motifs is 1. The lowest BCUT2D eigenvalue weighted by molar-refractivity contribution is 1.06. The number of nitrogens with zero attached hydrogens (tertiary/aromatic N) is 1. The molecule has 3 aromatic carbocycles. The highest BCUT2D eigenvalue weighted by Gasteiger charge is 2.15. The summed E-state index contributed by atoms with van der Waals surface area (Å²) in [6.07, 6.45) is 0.845. The summed E-state index contributed by atoms with van der Waals surface area (Å²) in [5, 5.41) is 3.35. The minimum absolute atomic E-state index is 0.681. The second-order valence-electron chi connectivity index (χ2n) is 6.04. The van der Waals surface area contributed by atoms with Gasteiger partial charge in [-0.25, -0.2) is 0 Å². The van der Waals surface area contributed by atoms with Gasteiger partial charge in [0.15, 0.2) is 0 Å². The zero-order valence-corrected chi connectivity index (χ0v) is 13.4. The van der Waals surface area contributed by atoms with E-state index in [0.29, 0.717) is 6.54 Å². The number of hydrogen-bond acceptors (Lipinski definition) is 2. The third-order valence-corrected chi connectivity index (χ3v) is 4.28. The normalized spacial score (nSPS) is 14.4. The van der Waals surface area contributed by atoms with Gasteiger partial charge in [0.25, 0.3) is 0 Å². The molecule has 0 bridgehead atoms. The van der Waals surface area contributed by atoms with Gasteiger partial charge < -0.3 is 11.1 Å². The van der Waals surface area contributed by atoms with E-state index in [4.69, 9.17) is 10.7 Å². The molecule has 0 saturated carbocycles. The second-order valence-corrected chi connectivity index (χ2v) is 6.04. The Morgan fingerprint density at radius 1 is 0.875 bits per heavy atom. The maximum absolute atomic E-state index is 5.82. The number of aliphatic imine (C=N–C) groups is 1. The largest absolute Gasteiger partial charge is 0.399 e. The highest BCUT2D eigenvalue weighted by molar-refractivity contribution is 6.03. The van der Waals surface area contributed by atoms with Gasteiger partial charge in [0.1, 0.15) is 5.84 Å². The van der Waals surface area contributed by atoms with Gasteiger partial charge in [0.2, 0.25) is 0 Å². The number of nitrogen functional groups attached to an aromatic ring is 1. The molecule has 118 valence electrons. The average Bonchev–Trinajstić information content (AvgIpc) is 3.03. The van der Waals surface area contributed by atoms with Gasteiger partial charge in [-0.2, -0.15) is 0 Å². The van der Waals surface area contributed by atoms with E-state index in [1.165, 1.54) is 22.3 Å². The van der Waals surface area contributed by atoms with Crippen LogP contribution >= 0.6 is 0 Å². The van der Waals surface area contributed by atoms with E-state index in [-0.39, 0.29) is 0 Å². The molecule has 3 heteroatoms. The molecule has 3 nitrogen and oxygen atoms in total. The van der Waals surface area contributed by atoms with Gasteiger partial charge in [-0.05, 0) is 34.4 Å². The van der Waals surface area contributed by atoms with Gasteiger partial charge in [0.05, 0.1) is 6.54 Å². The van der Waals surface area contributed by atoms with Gasteiger partial charge >= 0.3 is 0 Å². The Morgan fingerprint density at radius 3 is 2.42 bits per heavy atom. The predicted molar refractivity (Wildman–Crippen MR) is 101 cm³/mol. The molecule has 0 radical (unpaired) electrons. The first-order valence-electron chi connectivity index (χ1n) is 8.11. The summed E-state index contributed by atoms with van der Waals surface area (Å²) < 4.78 is 0. The standard InChI is InChI=1S/C21H19N3/c22-19-11-10-18-12-21(24-20(18)13-19)23-14-15-6-8-17(9-7-15)16-4-2-1-3-5-16/h1-11,13H,12,14,22H2,(H,23,24). The smallest absolute Gasteiger partial charge is 0.106 e. The van der Waals surface area contributed by atoms with E-state index in [1.54, 1.807) is 0 Å². The van der Waals surface area contributed by atoms with E-state index >= 15 is 0 Å².